The van der Waals surface area contributed by atoms with Gasteiger partial charge in [0.25, 0.3) is 5.91 Å². The number of amides is 1. The average Bonchev–Trinajstić information content (AvgIpc) is 3.65. The van der Waals surface area contributed by atoms with Crippen molar-refractivity contribution >= 4 is 34.4 Å². The lowest BCUT2D eigenvalue weighted by molar-refractivity contribution is 0.0696. The van der Waals surface area contributed by atoms with Crippen LogP contribution in [0.5, 0.6) is 0 Å². The number of rotatable bonds is 7. The largest absolute Gasteiger partial charge is 0.478 e. The molecule has 3 aromatic heterocycles. The molecule has 39 heavy (non-hydrogen) atoms. The molecule has 4 aromatic rings. The number of aryl methyl sites for hydroxylation is 1. The fraction of sp³-hybridized carbons (Fsp3) is 0.323. The number of carboxylic acid groups (broad SMARTS) is 1. The number of hydrogen-bond acceptors (Lipinski definition) is 6. The molecule has 8 heteroatoms. The predicted molar refractivity (Wildman–Crippen MR) is 152 cm³/mol. The molecule has 0 saturated heterocycles. The number of nitrogens with one attached hydrogen (secondary N) is 1. The molecule has 7 nitrogen and oxygen atoms in total. The van der Waals surface area contributed by atoms with Crippen molar-refractivity contribution in [3.63, 3.8) is 0 Å². The molecule has 0 bridgehead atoms. The third kappa shape index (κ3) is 5.76. The van der Waals surface area contributed by atoms with Crippen LogP contribution in [0.3, 0.4) is 0 Å². The van der Waals surface area contributed by atoms with Gasteiger partial charge in [0, 0.05) is 10.4 Å². The van der Waals surface area contributed by atoms with Crippen LogP contribution in [0.25, 0.3) is 11.3 Å². The maximum atomic E-state index is 13.4. The van der Waals surface area contributed by atoms with Crippen molar-refractivity contribution in [3.8, 4) is 11.3 Å². The van der Waals surface area contributed by atoms with Crippen molar-refractivity contribution in [1.82, 2.24) is 5.32 Å². The van der Waals surface area contributed by atoms with Gasteiger partial charge in [-0.25, -0.2) is 9.79 Å². The Labute approximate surface area is 231 Å². The van der Waals surface area contributed by atoms with Gasteiger partial charge in [-0.15, -0.1) is 11.3 Å². The van der Waals surface area contributed by atoms with Gasteiger partial charge in [-0.3, -0.25) is 4.79 Å². The molecule has 0 fully saturated rings. The van der Waals surface area contributed by atoms with E-state index in [1.807, 2.05) is 13.0 Å². The first kappa shape index (κ1) is 26.7. The molecule has 2 N–H and O–H groups in total. The number of carboxylic acids is 1. The van der Waals surface area contributed by atoms with Gasteiger partial charge in [0.1, 0.15) is 22.3 Å². The van der Waals surface area contributed by atoms with E-state index in [0.29, 0.717) is 45.9 Å². The summed E-state index contributed by atoms with van der Waals surface area (Å²) in [7, 11) is 0. The van der Waals surface area contributed by atoms with E-state index in [4.69, 9.17) is 13.8 Å². The maximum Gasteiger partial charge on any atom is 0.335 e. The fourth-order valence-electron chi connectivity index (χ4n) is 5.01. The second-order valence-corrected chi connectivity index (χ2v) is 12.1. The van der Waals surface area contributed by atoms with E-state index in [1.54, 1.807) is 60.2 Å². The Balaban J connectivity index is 1.44. The highest BCUT2D eigenvalue weighted by Gasteiger charge is 2.33. The van der Waals surface area contributed by atoms with Crippen LogP contribution in [0.2, 0.25) is 0 Å². The Hall–Kier alpha value is -3.91. The standard InChI is InChI=1S/C31H32N2O5S/c1-18-7-8-19(30(35)36)14-24(18)25-12-10-22(38-25)17-33-29-27(28(34)32-16-21-6-5-13-37-21)23-11-9-20(31(2,3)4)15-26(23)39-29/h5-8,10,12-14,17,20H,9,11,15-16H2,1-4H3,(H,32,34)(H,35,36)/t20-/m1/s1. The van der Waals surface area contributed by atoms with Crippen molar-refractivity contribution in [2.24, 2.45) is 16.3 Å². The minimum absolute atomic E-state index is 0.161. The first-order valence-electron chi connectivity index (χ1n) is 13.0. The van der Waals surface area contributed by atoms with Crippen LogP contribution in [-0.2, 0) is 19.4 Å². The number of hydrogen-bond donors (Lipinski definition) is 2. The van der Waals surface area contributed by atoms with E-state index in [0.717, 1.165) is 30.4 Å². The summed E-state index contributed by atoms with van der Waals surface area (Å²) in [5, 5.41) is 13.0. The second kappa shape index (κ2) is 10.7. The average molecular weight is 545 g/mol. The summed E-state index contributed by atoms with van der Waals surface area (Å²) in [6.45, 7) is 9.03. The summed E-state index contributed by atoms with van der Waals surface area (Å²) in [4.78, 5) is 30.8. The molecular formula is C31H32N2O5S. The van der Waals surface area contributed by atoms with Crippen molar-refractivity contribution in [2.75, 3.05) is 0 Å². The third-order valence-corrected chi connectivity index (χ3v) is 8.55. The van der Waals surface area contributed by atoms with E-state index in [1.165, 1.54) is 4.88 Å². The molecule has 5 rings (SSSR count). The summed E-state index contributed by atoms with van der Waals surface area (Å²) in [6.07, 6.45) is 6.03. The number of aliphatic imine (C=N–C) groups is 1. The summed E-state index contributed by atoms with van der Waals surface area (Å²) >= 11 is 1.57. The Morgan fingerprint density at radius 3 is 2.74 bits per heavy atom. The normalized spacial score (nSPS) is 15.4. The third-order valence-electron chi connectivity index (χ3n) is 7.39. The van der Waals surface area contributed by atoms with Crippen LogP contribution in [0, 0.1) is 18.3 Å². The monoisotopic (exact) mass is 544 g/mol. The van der Waals surface area contributed by atoms with Gasteiger partial charge in [0.05, 0.1) is 30.1 Å². The lowest BCUT2D eigenvalue weighted by Gasteiger charge is -2.33. The molecular weight excluding hydrogens is 512 g/mol. The number of furan rings is 2. The van der Waals surface area contributed by atoms with Gasteiger partial charge < -0.3 is 19.3 Å². The SMILES string of the molecule is Cc1ccc(C(=O)O)cc1-c1ccc(C=Nc2sc3c(c2C(=O)NCc2ccco2)CC[C@@H](C(C)(C)C)C3)o1. The van der Waals surface area contributed by atoms with Crippen LogP contribution in [0.1, 0.15) is 75.4 Å². The van der Waals surface area contributed by atoms with Crippen LogP contribution < -0.4 is 5.32 Å². The van der Waals surface area contributed by atoms with Crippen LogP contribution in [0.4, 0.5) is 5.00 Å². The zero-order valence-corrected chi connectivity index (χ0v) is 23.4. The minimum Gasteiger partial charge on any atom is -0.478 e. The molecule has 1 aliphatic carbocycles. The summed E-state index contributed by atoms with van der Waals surface area (Å²) in [6, 6.07) is 12.2. The molecule has 202 valence electrons. The van der Waals surface area contributed by atoms with Gasteiger partial charge in [0.15, 0.2) is 0 Å². The smallest absolute Gasteiger partial charge is 0.335 e. The van der Waals surface area contributed by atoms with Gasteiger partial charge >= 0.3 is 5.97 Å². The lowest BCUT2D eigenvalue weighted by atomic mass is 9.72. The molecule has 0 aliphatic heterocycles. The second-order valence-electron chi connectivity index (χ2n) is 11.0. The van der Waals surface area contributed by atoms with Crippen molar-refractivity contribution in [2.45, 2.75) is 53.5 Å². The van der Waals surface area contributed by atoms with E-state index in [-0.39, 0.29) is 16.9 Å². The highest BCUT2D eigenvalue weighted by atomic mass is 32.1. The van der Waals surface area contributed by atoms with E-state index >= 15 is 0 Å². The Kier molecular flexibility index (Phi) is 7.32. The fourth-order valence-corrected chi connectivity index (χ4v) is 6.28. The topological polar surface area (TPSA) is 105 Å². The quantitative estimate of drug-likeness (QED) is 0.235. The molecule has 0 saturated carbocycles. The van der Waals surface area contributed by atoms with Gasteiger partial charge in [-0.05, 0) is 85.0 Å². The molecule has 1 aliphatic rings. The van der Waals surface area contributed by atoms with Crippen molar-refractivity contribution < 1.29 is 23.5 Å². The lowest BCUT2D eigenvalue weighted by Crippen LogP contribution is -2.28. The Bertz CT molecular complexity index is 1540. The molecule has 0 spiro atoms. The number of nitrogens with zero attached hydrogens (tertiary/aromatic N) is 1. The first-order valence-corrected chi connectivity index (χ1v) is 13.8. The van der Waals surface area contributed by atoms with E-state index in [2.05, 4.69) is 26.1 Å². The molecule has 0 radical (unpaired) electrons. The number of thiophene rings is 1. The molecule has 1 amide bonds. The molecule has 3 heterocycles. The van der Waals surface area contributed by atoms with Gasteiger partial charge in [-0.2, -0.15) is 0 Å². The summed E-state index contributed by atoms with van der Waals surface area (Å²) in [5.74, 6) is 1.16. The highest BCUT2D eigenvalue weighted by molar-refractivity contribution is 7.16. The first-order chi connectivity index (χ1) is 18.6. The maximum absolute atomic E-state index is 13.4. The molecule has 1 aromatic carbocycles. The minimum atomic E-state index is -0.988. The summed E-state index contributed by atoms with van der Waals surface area (Å²) in [5.41, 5.74) is 3.73. The van der Waals surface area contributed by atoms with Crippen LogP contribution in [0.15, 0.2) is 62.6 Å². The zero-order chi connectivity index (χ0) is 27.7. The van der Waals surface area contributed by atoms with Crippen molar-refractivity contribution in [1.29, 1.82) is 0 Å². The van der Waals surface area contributed by atoms with Gasteiger partial charge in [0.2, 0.25) is 0 Å². The number of aromatic carboxylic acids is 1. The Morgan fingerprint density at radius 1 is 1.21 bits per heavy atom. The number of carbonyl (C=O) groups is 2. The van der Waals surface area contributed by atoms with Gasteiger partial charge in [-0.1, -0.05) is 26.8 Å². The van der Waals surface area contributed by atoms with E-state index < -0.39 is 5.97 Å². The molecule has 0 unspecified atom stereocenters. The molecule has 1 atom stereocenters. The zero-order valence-electron chi connectivity index (χ0n) is 22.5. The Morgan fingerprint density at radius 2 is 2.03 bits per heavy atom. The predicted octanol–water partition coefficient (Wildman–Crippen LogP) is 7.44. The van der Waals surface area contributed by atoms with E-state index in [9.17, 15) is 14.7 Å². The summed E-state index contributed by atoms with van der Waals surface area (Å²) < 4.78 is 11.4. The van der Waals surface area contributed by atoms with Crippen LogP contribution in [-0.4, -0.2) is 23.2 Å². The highest BCUT2D eigenvalue weighted by Crippen LogP contribution is 2.45. The van der Waals surface area contributed by atoms with Crippen LogP contribution >= 0.6 is 11.3 Å². The number of benzene rings is 1. The number of fused-ring (bicyclic) bond motifs is 1. The van der Waals surface area contributed by atoms with Crippen molar-refractivity contribution in [3.05, 3.63) is 87.4 Å². The number of carbonyl (C=O) groups excluding carboxylic acids is 1.